The van der Waals surface area contributed by atoms with Gasteiger partial charge in [0.05, 0.1) is 30.5 Å². The van der Waals surface area contributed by atoms with Crippen molar-refractivity contribution in [3.05, 3.63) is 36.0 Å². The summed E-state index contributed by atoms with van der Waals surface area (Å²) in [6, 6.07) is -1.16. The third-order valence-corrected chi connectivity index (χ3v) is 12.6. The lowest BCUT2D eigenvalue weighted by Gasteiger charge is -2.47. The van der Waals surface area contributed by atoms with E-state index in [1.807, 2.05) is 26.0 Å². The topological polar surface area (TPSA) is 189 Å². The van der Waals surface area contributed by atoms with Crippen LogP contribution in [0.25, 0.3) is 0 Å². The van der Waals surface area contributed by atoms with Gasteiger partial charge in [-0.1, -0.05) is 44.6 Å². The number of Topliss-reactive ketones (excluding diaryl/α,β-unsaturated/α-hetero) is 2. The Kier molecular flexibility index (Phi) is 16.6. The number of fused-ring (bicyclic) bond motifs is 3. The van der Waals surface area contributed by atoms with Gasteiger partial charge in [-0.3, -0.25) is 14.4 Å². The van der Waals surface area contributed by atoms with Crippen molar-refractivity contribution in [2.24, 2.45) is 29.6 Å². The van der Waals surface area contributed by atoms with Crippen LogP contribution in [-0.4, -0.2) is 124 Å². The van der Waals surface area contributed by atoms with Crippen molar-refractivity contribution in [1.82, 2.24) is 4.90 Å². The van der Waals surface area contributed by atoms with Crippen molar-refractivity contribution in [2.75, 3.05) is 20.8 Å². The maximum Gasteiger partial charge on any atom is 0.329 e. The van der Waals surface area contributed by atoms with Crippen LogP contribution in [0.4, 0.5) is 0 Å². The number of carbonyl (C=O) groups excluding carboxylic acids is 4. The summed E-state index contributed by atoms with van der Waals surface area (Å²) in [5.74, 6) is -8.03. The van der Waals surface area contributed by atoms with E-state index in [1.165, 1.54) is 14.2 Å². The molecule has 4 N–H and O–H groups in total. The summed E-state index contributed by atoms with van der Waals surface area (Å²) >= 11 is 0. The molecule has 1 amide bonds. The Morgan fingerprint density at radius 3 is 2.27 bits per heavy atom. The van der Waals surface area contributed by atoms with Gasteiger partial charge in [0.15, 0.2) is 0 Å². The number of amides is 1. The lowest BCUT2D eigenvalue weighted by molar-refractivity contribution is -0.302. The smallest absolute Gasteiger partial charge is 0.329 e. The second-order valence-corrected chi connectivity index (χ2v) is 17.1. The minimum Gasteiger partial charge on any atom is -0.456 e. The molecule has 14 atom stereocenters. The number of nitrogens with zero attached hydrogens (tertiary/aromatic N) is 1. The van der Waals surface area contributed by atoms with E-state index in [2.05, 4.69) is 6.58 Å². The average Bonchev–Trinajstić information content (AvgIpc) is 3.16. The Morgan fingerprint density at radius 2 is 1.62 bits per heavy atom. The number of rotatable bonds is 6. The molecule has 4 rings (SSSR count). The number of carbonyl (C=O) groups is 4. The Hall–Kier alpha value is -2.78. The first-order valence-electron chi connectivity index (χ1n) is 20.5. The number of aliphatic hydroxyl groups excluding tert-OH is 3. The fourth-order valence-corrected chi connectivity index (χ4v) is 9.19. The standard InChI is InChI=1S/C43H67NO12/c1-9-12-30-18-24(2)17-25(3)19-36(53-7)39-37(54-8)21-27(5)43(52,56-39)40(49)41(50)44-16-11-10-13-31(44)42(51)55-38(28(6)33(46)23-34(30)47)26(4)20-29-14-15-32(45)35(48)22-29/h9,18,20,25,27-33,35-39,45-46,48,52H,1,10-17,19,21-23H2,2-8H3/b24-18?,26-20+/t25?,27?,28?,29?,30?,31?,32-,33?,35?,36-,37?,38?,39+,43?/m0/s1. The molecule has 316 valence electrons. The van der Waals surface area contributed by atoms with Gasteiger partial charge in [0.25, 0.3) is 11.7 Å². The highest BCUT2D eigenvalue weighted by atomic mass is 16.7. The Balaban J connectivity index is 1.78. The summed E-state index contributed by atoms with van der Waals surface area (Å²) in [6.45, 7) is 13.0. The summed E-state index contributed by atoms with van der Waals surface area (Å²) in [5, 5.41) is 44.1. The maximum atomic E-state index is 14.2. The molecule has 3 fully saturated rings. The van der Waals surface area contributed by atoms with E-state index in [-0.39, 0.29) is 43.4 Å². The van der Waals surface area contributed by atoms with E-state index >= 15 is 0 Å². The number of cyclic esters (lactones) is 1. The molecule has 13 heteroatoms. The first-order chi connectivity index (χ1) is 26.4. The minimum atomic E-state index is -2.52. The van der Waals surface area contributed by atoms with Crippen molar-refractivity contribution < 1.29 is 58.6 Å². The van der Waals surface area contributed by atoms with Gasteiger partial charge in [0.1, 0.15) is 24.0 Å². The van der Waals surface area contributed by atoms with Gasteiger partial charge in [-0.15, -0.1) is 6.58 Å². The third-order valence-electron chi connectivity index (χ3n) is 12.6. The summed E-state index contributed by atoms with van der Waals surface area (Å²) in [4.78, 5) is 57.6. The van der Waals surface area contributed by atoms with E-state index in [0.717, 1.165) is 10.5 Å². The van der Waals surface area contributed by atoms with Crippen molar-refractivity contribution in [3.8, 4) is 0 Å². The number of piperidine rings is 1. The molecule has 0 radical (unpaired) electrons. The van der Waals surface area contributed by atoms with Gasteiger partial charge in [-0.25, -0.2) is 4.79 Å². The van der Waals surface area contributed by atoms with Gasteiger partial charge in [0.2, 0.25) is 5.79 Å². The number of hydrogen-bond acceptors (Lipinski definition) is 12. The van der Waals surface area contributed by atoms with Crippen LogP contribution in [0.1, 0.15) is 105 Å². The quantitative estimate of drug-likeness (QED) is 0.172. The number of hydrogen-bond donors (Lipinski definition) is 4. The predicted octanol–water partition coefficient (Wildman–Crippen LogP) is 3.98. The van der Waals surface area contributed by atoms with Crippen LogP contribution in [0.15, 0.2) is 36.0 Å². The Morgan fingerprint density at radius 1 is 0.946 bits per heavy atom. The SMILES string of the molecule is C=CCC1C=C(C)CC(C)C[C@H](OC)[C@H]2OC(O)(C(=O)C(=O)N3CCCCC3C(=O)OC(/C(C)=C/C3CC[C@H](O)C(O)C3)C(C)C(O)CC1=O)C(C)CC2OC. The van der Waals surface area contributed by atoms with Crippen molar-refractivity contribution in [3.63, 3.8) is 0 Å². The zero-order valence-corrected chi connectivity index (χ0v) is 34.4. The van der Waals surface area contributed by atoms with Crippen LogP contribution >= 0.6 is 0 Å². The minimum absolute atomic E-state index is 0.00242. The lowest BCUT2D eigenvalue weighted by Crippen LogP contribution is -2.64. The second kappa shape index (κ2) is 20.3. The van der Waals surface area contributed by atoms with Crippen LogP contribution in [0.3, 0.4) is 0 Å². The molecule has 2 bridgehead atoms. The van der Waals surface area contributed by atoms with E-state index in [4.69, 9.17) is 18.9 Å². The van der Waals surface area contributed by atoms with E-state index in [9.17, 15) is 39.6 Å². The molecule has 4 aliphatic rings. The summed E-state index contributed by atoms with van der Waals surface area (Å²) in [6.07, 6.45) is 3.36. The molecule has 0 aromatic rings. The zero-order valence-electron chi connectivity index (χ0n) is 34.4. The van der Waals surface area contributed by atoms with Gasteiger partial charge >= 0.3 is 5.97 Å². The van der Waals surface area contributed by atoms with Crippen molar-refractivity contribution in [2.45, 2.75) is 160 Å². The van der Waals surface area contributed by atoms with Crippen LogP contribution in [0.5, 0.6) is 0 Å². The highest BCUT2D eigenvalue weighted by Crippen LogP contribution is 2.39. The number of allylic oxidation sites excluding steroid dienone is 4. The summed E-state index contributed by atoms with van der Waals surface area (Å²) in [5.41, 5.74) is 1.54. The summed E-state index contributed by atoms with van der Waals surface area (Å²) < 4.78 is 24.1. The number of methoxy groups -OCH3 is 2. The van der Waals surface area contributed by atoms with E-state index < -0.39 is 90.0 Å². The molecule has 1 aliphatic carbocycles. The van der Waals surface area contributed by atoms with E-state index in [0.29, 0.717) is 56.9 Å². The first-order valence-corrected chi connectivity index (χ1v) is 20.5. The number of ether oxygens (including phenoxy) is 4. The molecular weight excluding hydrogens is 722 g/mol. The molecule has 0 spiro atoms. The highest BCUT2D eigenvalue weighted by molar-refractivity contribution is 6.39. The van der Waals surface area contributed by atoms with Gasteiger partial charge < -0.3 is 44.3 Å². The fraction of sp³-hybridized carbons (Fsp3) is 0.767. The average molecular weight is 790 g/mol. The molecule has 2 saturated heterocycles. The van der Waals surface area contributed by atoms with E-state index in [1.54, 1.807) is 26.8 Å². The van der Waals surface area contributed by atoms with Crippen LogP contribution in [-0.2, 0) is 38.1 Å². The highest BCUT2D eigenvalue weighted by Gasteiger charge is 2.56. The Labute approximate surface area is 332 Å². The predicted molar refractivity (Wildman–Crippen MR) is 208 cm³/mol. The molecule has 56 heavy (non-hydrogen) atoms. The van der Waals surface area contributed by atoms with Crippen molar-refractivity contribution >= 4 is 23.4 Å². The van der Waals surface area contributed by atoms with Crippen LogP contribution in [0.2, 0.25) is 0 Å². The van der Waals surface area contributed by atoms with Gasteiger partial charge in [-0.05, 0) is 95.5 Å². The first kappa shape index (κ1) is 45.9. The fourth-order valence-electron chi connectivity index (χ4n) is 9.19. The maximum absolute atomic E-state index is 14.2. The normalized spacial score (nSPS) is 40.6. The third kappa shape index (κ3) is 10.8. The molecule has 3 heterocycles. The largest absolute Gasteiger partial charge is 0.456 e. The number of aliphatic hydroxyl groups is 4. The molecule has 11 unspecified atom stereocenters. The number of ketones is 2. The molecular formula is C43H67NO12. The van der Waals surface area contributed by atoms with Crippen molar-refractivity contribution in [1.29, 1.82) is 0 Å². The van der Waals surface area contributed by atoms with Crippen LogP contribution in [0, 0.1) is 29.6 Å². The van der Waals surface area contributed by atoms with Crippen LogP contribution < -0.4 is 0 Å². The second-order valence-electron chi connectivity index (χ2n) is 17.1. The lowest BCUT2D eigenvalue weighted by atomic mass is 9.81. The van der Waals surface area contributed by atoms with Gasteiger partial charge in [-0.2, -0.15) is 0 Å². The zero-order chi connectivity index (χ0) is 41.5. The molecule has 3 aliphatic heterocycles. The molecule has 0 aromatic carbocycles. The number of esters is 1. The Bertz CT molecular complexity index is 1460. The summed E-state index contributed by atoms with van der Waals surface area (Å²) in [7, 11) is 3.04. The molecule has 1 saturated carbocycles. The molecule has 0 aromatic heterocycles. The monoisotopic (exact) mass is 789 g/mol. The van der Waals surface area contributed by atoms with Gasteiger partial charge in [0, 0.05) is 44.9 Å². The molecule has 13 nitrogen and oxygen atoms in total.